The first-order valence-corrected chi connectivity index (χ1v) is 4.97. The van der Waals surface area contributed by atoms with Crippen LogP contribution < -0.4 is 5.73 Å². The Morgan fingerprint density at radius 1 is 1.00 bits per heavy atom. The number of nitrogens with two attached hydrogens (primary N) is 1. The minimum atomic E-state index is 0. The molecular formula is C10H10ClN3S. The van der Waals surface area contributed by atoms with Crippen LogP contribution >= 0.6 is 24.2 Å². The Balaban J connectivity index is 0.00000112. The van der Waals surface area contributed by atoms with Crippen molar-refractivity contribution >= 4 is 29.9 Å². The number of nitrogen functional groups attached to an aromatic ring is 1. The summed E-state index contributed by atoms with van der Waals surface area (Å²) in [6.45, 7) is 0. The number of aromatic nitrogens is 2. The molecule has 5 heteroatoms. The van der Waals surface area contributed by atoms with E-state index in [0.29, 0.717) is 5.16 Å². The molecule has 2 rings (SSSR count). The Morgan fingerprint density at radius 2 is 1.67 bits per heavy atom. The molecule has 0 unspecified atom stereocenters. The smallest absolute Gasteiger partial charge is 0.192 e. The molecule has 78 valence electrons. The van der Waals surface area contributed by atoms with Crippen molar-refractivity contribution in [1.29, 1.82) is 0 Å². The van der Waals surface area contributed by atoms with Gasteiger partial charge in [-0.3, -0.25) is 0 Å². The quantitative estimate of drug-likeness (QED) is 0.647. The molecule has 0 amide bonds. The van der Waals surface area contributed by atoms with Gasteiger partial charge in [-0.25, -0.2) is 9.97 Å². The largest absolute Gasteiger partial charge is 0.398 e. The highest BCUT2D eigenvalue weighted by atomic mass is 35.5. The molecule has 1 aromatic carbocycles. The van der Waals surface area contributed by atoms with E-state index in [-0.39, 0.29) is 12.4 Å². The standard InChI is InChI=1S/C10H9N3S.ClH/c11-8-4-1-2-5-9(8)14-10-12-6-3-7-13-10;/h1-7H,11H2;1H. The van der Waals surface area contributed by atoms with Crippen molar-refractivity contribution in [3.05, 3.63) is 42.7 Å². The van der Waals surface area contributed by atoms with Gasteiger partial charge in [-0.05, 0) is 30.0 Å². The third-order valence-corrected chi connectivity index (χ3v) is 2.65. The summed E-state index contributed by atoms with van der Waals surface area (Å²) in [6.07, 6.45) is 3.43. The zero-order valence-corrected chi connectivity index (χ0v) is 9.46. The minimum Gasteiger partial charge on any atom is -0.398 e. The molecule has 0 atom stereocenters. The van der Waals surface area contributed by atoms with Gasteiger partial charge < -0.3 is 5.73 Å². The van der Waals surface area contributed by atoms with Gasteiger partial charge in [0, 0.05) is 23.0 Å². The van der Waals surface area contributed by atoms with Crippen molar-refractivity contribution in [3.8, 4) is 0 Å². The lowest BCUT2D eigenvalue weighted by atomic mass is 10.3. The van der Waals surface area contributed by atoms with Crippen LogP contribution in [0.5, 0.6) is 0 Å². The molecule has 0 radical (unpaired) electrons. The highest BCUT2D eigenvalue weighted by Gasteiger charge is 2.01. The molecule has 2 aromatic rings. The van der Waals surface area contributed by atoms with Crippen molar-refractivity contribution < 1.29 is 0 Å². The molecule has 0 saturated heterocycles. The normalized spacial score (nSPS) is 9.33. The minimum absolute atomic E-state index is 0. The van der Waals surface area contributed by atoms with E-state index in [4.69, 9.17) is 5.73 Å². The Hall–Kier alpha value is -1.26. The summed E-state index contributed by atoms with van der Waals surface area (Å²) in [5.74, 6) is 0. The third-order valence-electron chi connectivity index (χ3n) is 1.66. The number of nitrogens with zero attached hydrogens (tertiary/aromatic N) is 2. The molecule has 2 N–H and O–H groups in total. The van der Waals surface area contributed by atoms with Gasteiger partial charge in [0.05, 0.1) is 0 Å². The number of hydrogen-bond donors (Lipinski definition) is 1. The van der Waals surface area contributed by atoms with Gasteiger partial charge in [0.2, 0.25) is 0 Å². The van der Waals surface area contributed by atoms with Crippen molar-refractivity contribution in [2.24, 2.45) is 0 Å². The van der Waals surface area contributed by atoms with Gasteiger partial charge in [-0.2, -0.15) is 0 Å². The Kier molecular flexibility index (Phi) is 4.39. The second-order valence-electron chi connectivity index (χ2n) is 2.67. The SMILES string of the molecule is Cl.Nc1ccccc1Sc1ncccn1. The van der Waals surface area contributed by atoms with Gasteiger partial charge in [0.15, 0.2) is 5.16 Å². The Bertz CT molecular complexity index is 422. The van der Waals surface area contributed by atoms with E-state index in [9.17, 15) is 0 Å². The van der Waals surface area contributed by atoms with Crippen LogP contribution in [0.2, 0.25) is 0 Å². The van der Waals surface area contributed by atoms with Crippen LogP contribution in [-0.2, 0) is 0 Å². The maximum atomic E-state index is 5.79. The van der Waals surface area contributed by atoms with Crippen LogP contribution in [0.4, 0.5) is 5.69 Å². The number of rotatable bonds is 2. The molecule has 3 nitrogen and oxygen atoms in total. The summed E-state index contributed by atoms with van der Waals surface area (Å²) < 4.78 is 0. The molecule has 0 bridgehead atoms. The lowest BCUT2D eigenvalue weighted by Gasteiger charge is -2.02. The van der Waals surface area contributed by atoms with E-state index in [1.807, 2.05) is 24.3 Å². The Labute approximate surface area is 98.5 Å². The lowest BCUT2D eigenvalue weighted by molar-refractivity contribution is 0.967. The first-order chi connectivity index (χ1) is 6.86. The molecule has 0 spiro atoms. The average Bonchev–Trinajstić information content (AvgIpc) is 2.23. The zero-order chi connectivity index (χ0) is 9.80. The van der Waals surface area contributed by atoms with E-state index >= 15 is 0 Å². The molecule has 0 aliphatic rings. The van der Waals surface area contributed by atoms with Crippen molar-refractivity contribution in [3.63, 3.8) is 0 Å². The van der Waals surface area contributed by atoms with Gasteiger partial charge in [0.1, 0.15) is 0 Å². The van der Waals surface area contributed by atoms with Crippen LogP contribution in [0.25, 0.3) is 0 Å². The summed E-state index contributed by atoms with van der Waals surface area (Å²) in [6, 6.07) is 9.47. The number of halogens is 1. The topological polar surface area (TPSA) is 51.8 Å². The van der Waals surface area contributed by atoms with Crippen LogP contribution in [0.3, 0.4) is 0 Å². The molecule has 0 saturated carbocycles. The summed E-state index contributed by atoms with van der Waals surface area (Å²) in [5.41, 5.74) is 6.55. The number of hydrogen-bond acceptors (Lipinski definition) is 4. The number of benzene rings is 1. The maximum absolute atomic E-state index is 5.79. The van der Waals surface area contributed by atoms with E-state index in [1.54, 1.807) is 18.5 Å². The average molecular weight is 240 g/mol. The van der Waals surface area contributed by atoms with Gasteiger partial charge in [-0.1, -0.05) is 12.1 Å². The van der Waals surface area contributed by atoms with E-state index in [2.05, 4.69) is 9.97 Å². The highest BCUT2D eigenvalue weighted by Crippen LogP contribution is 2.28. The highest BCUT2D eigenvalue weighted by molar-refractivity contribution is 7.99. The summed E-state index contributed by atoms with van der Waals surface area (Å²) >= 11 is 1.47. The summed E-state index contributed by atoms with van der Waals surface area (Å²) in [7, 11) is 0. The number of anilines is 1. The van der Waals surface area contributed by atoms with E-state index in [0.717, 1.165) is 10.6 Å². The molecule has 0 aliphatic heterocycles. The lowest BCUT2D eigenvalue weighted by Crippen LogP contribution is -1.89. The van der Waals surface area contributed by atoms with Gasteiger partial charge in [-0.15, -0.1) is 12.4 Å². The predicted octanol–water partition coefficient (Wildman–Crippen LogP) is 2.63. The van der Waals surface area contributed by atoms with Crippen LogP contribution in [0.1, 0.15) is 0 Å². The van der Waals surface area contributed by atoms with Gasteiger partial charge >= 0.3 is 0 Å². The fraction of sp³-hybridized carbons (Fsp3) is 0. The molecule has 1 aromatic heterocycles. The van der Waals surface area contributed by atoms with E-state index < -0.39 is 0 Å². The van der Waals surface area contributed by atoms with Gasteiger partial charge in [0.25, 0.3) is 0 Å². The van der Waals surface area contributed by atoms with E-state index in [1.165, 1.54) is 11.8 Å². The molecule has 0 fully saturated rings. The second kappa shape index (κ2) is 5.58. The second-order valence-corrected chi connectivity index (χ2v) is 3.68. The third kappa shape index (κ3) is 3.11. The van der Waals surface area contributed by atoms with Crippen molar-refractivity contribution in [1.82, 2.24) is 9.97 Å². The fourth-order valence-electron chi connectivity index (χ4n) is 1.01. The maximum Gasteiger partial charge on any atom is 0.192 e. The first-order valence-electron chi connectivity index (χ1n) is 4.15. The summed E-state index contributed by atoms with van der Waals surface area (Å²) in [5, 5.41) is 0.713. The molecular weight excluding hydrogens is 230 g/mol. The zero-order valence-electron chi connectivity index (χ0n) is 7.83. The first kappa shape index (κ1) is 11.8. The monoisotopic (exact) mass is 239 g/mol. The predicted molar refractivity (Wildman–Crippen MR) is 64.3 cm³/mol. The molecule has 15 heavy (non-hydrogen) atoms. The van der Waals surface area contributed by atoms with Crippen LogP contribution in [-0.4, -0.2) is 9.97 Å². The number of para-hydroxylation sites is 1. The van der Waals surface area contributed by atoms with Crippen molar-refractivity contribution in [2.75, 3.05) is 5.73 Å². The fourth-order valence-corrected chi connectivity index (χ4v) is 1.77. The van der Waals surface area contributed by atoms with Crippen LogP contribution in [0.15, 0.2) is 52.8 Å². The molecule has 0 aliphatic carbocycles. The Morgan fingerprint density at radius 3 is 2.33 bits per heavy atom. The van der Waals surface area contributed by atoms with Crippen molar-refractivity contribution in [2.45, 2.75) is 10.1 Å². The summed E-state index contributed by atoms with van der Waals surface area (Å²) in [4.78, 5) is 9.21. The molecule has 1 heterocycles. The van der Waals surface area contributed by atoms with Crippen LogP contribution in [0, 0.1) is 0 Å².